The first-order valence-electron chi connectivity index (χ1n) is 9.60. The van der Waals surface area contributed by atoms with Gasteiger partial charge in [0.15, 0.2) is 0 Å². The van der Waals surface area contributed by atoms with E-state index in [1.54, 1.807) is 24.3 Å². The number of benzene rings is 2. The third-order valence-corrected chi connectivity index (χ3v) is 6.85. The number of para-hydroxylation sites is 1. The van der Waals surface area contributed by atoms with E-state index in [4.69, 9.17) is 9.47 Å². The van der Waals surface area contributed by atoms with Crippen LogP contribution in [0.15, 0.2) is 59.5 Å². The summed E-state index contributed by atoms with van der Waals surface area (Å²) in [6.45, 7) is 1.46. The van der Waals surface area contributed by atoms with Crippen LogP contribution >= 0.6 is 0 Å². The predicted octanol–water partition coefficient (Wildman–Crippen LogP) is 2.29. The fourth-order valence-electron chi connectivity index (χ4n) is 3.26. The van der Waals surface area contributed by atoms with E-state index in [1.807, 2.05) is 30.3 Å². The van der Waals surface area contributed by atoms with Gasteiger partial charge in [0.05, 0.1) is 18.6 Å². The van der Waals surface area contributed by atoms with E-state index in [0.717, 1.165) is 5.75 Å². The number of piperidine rings is 1. The highest BCUT2D eigenvalue weighted by Crippen LogP contribution is 2.25. The molecule has 2 aromatic carbocycles. The maximum atomic E-state index is 12.8. The van der Waals surface area contributed by atoms with Crippen LogP contribution < -0.4 is 14.8 Å². The molecule has 3 rings (SSSR count). The third-order valence-electron chi connectivity index (χ3n) is 4.94. The van der Waals surface area contributed by atoms with Crippen molar-refractivity contribution in [3.05, 3.63) is 54.6 Å². The van der Waals surface area contributed by atoms with Crippen molar-refractivity contribution in [2.24, 2.45) is 5.92 Å². The highest BCUT2D eigenvalue weighted by atomic mass is 32.2. The second-order valence-corrected chi connectivity index (χ2v) is 8.74. The summed E-state index contributed by atoms with van der Waals surface area (Å²) in [6, 6.07) is 15.8. The molecule has 0 radical (unpaired) electrons. The zero-order valence-corrected chi connectivity index (χ0v) is 17.2. The summed E-state index contributed by atoms with van der Waals surface area (Å²) in [5, 5.41) is 2.87. The minimum Gasteiger partial charge on any atom is -0.497 e. The maximum absolute atomic E-state index is 12.8. The first-order valence-corrected chi connectivity index (χ1v) is 11.0. The van der Waals surface area contributed by atoms with Crippen molar-refractivity contribution in [2.75, 3.05) is 33.4 Å². The Balaban J connectivity index is 1.44. The predicted molar refractivity (Wildman–Crippen MR) is 109 cm³/mol. The lowest BCUT2D eigenvalue weighted by Crippen LogP contribution is -2.43. The Labute approximate surface area is 171 Å². The van der Waals surface area contributed by atoms with Gasteiger partial charge in [-0.15, -0.1) is 0 Å². The largest absolute Gasteiger partial charge is 0.497 e. The molecule has 1 fully saturated rings. The number of methoxy groups -OCH3 is 1. The number of nitrogens with one attached hydrogen (secondary N) is 1. The second kappa shape index (κ2) is 9.76. The van der Waals surface area contributed by atoms with Crippen LogP contribution in [0.1, 0.15) is 12.8 Å². The summed E-state index contributed by atoms with van der Waals surface area (Å²) in [6.07, 6.45) is 1.00. The van der Waals surface area contributed by atoms with Crippen molar-refractivity contribution in [3.63, 3.8) is 0 Å². The molecule has 1 aliphatic rings. The van der Waals surface area contributed by atoms with Gasteiger partial charge in [0, 0.05) is 19.0 Å². The van der Waals surface area contributed by atoms with Gasteiger partial charge >= 0.3 is 0 Å². The molecule has 29 heavy (non-hydrogen) atoms. The molecular weight excluding hydrogens is 392 g/mol. The SMILES string of the molecule is COc1ccc(S(=O)(=O)N2CCC(C(=O)NCCOc3ccccc3)CC2)cc1. The molecule has 0 aromatic heterocycles. The summed E-state index contributed by atoms with van der Waals surface area (Å²) in [7, 11) is -2.03. The van der Waals surface area contributed by atoms with Crippen LogP contribution in [0, 0.1) is 5.92 Å². The van der Waals surface area contributed by atoms with Crippen LogP contribution in [-0.4, -0.2) is 52.0 Å². The minimum atomic E-state index is -3.56. The van der Waals surface area contributed by atoms with Gasteiger partial charge in [0.2, 0.25) is 15.9 Å². The van der Waals surface area contributed by atoms with E-state index in [-0.39, 0.29) is 16.7 Å². The van der Waals surface area contributed by atoms with E-state index in [2.05, 4.69) is 5.32 Å². The monoisotopic (exact) mass is 418 g/mol. The van der Waals surface area contributed by atoms with Gasteiger partial charge in [-0.3, -0.25) is 4.79 Å². The number of hydrogen-bond acceptors (Lipinski definition) is 5. The van der Waals surface area contributed by atoms with Gasteiger partial charge in [0.25, 0.3) is 0 Å². The Morgan fingerprint density at radius 1 is 1.03 bits per heavy atom. The average Bonchev–Trinajstić information content (AvgIpc) is 2.77. The highest BCUT2D eigenvalue weighted by Gasteiger charge is 2.31. The van der Waals surface area contributed by atoms with Crippen molar-refractivity contribution in [2.45, 2.75) is 17.7 Å². The molecule has 156 valence electrons. The Morgan fingerprint density at radius 2 is 1.69 bits per heavy atom. The number of ether oxygens (including phenoxy) is 2. The van der Waals surface area contributed by atoms with E-state index < -0.39 is 10.0 Å². The lowest BCUT2D eigenvalue weighted by molar-refractivity contribution is -0.126. The van der Waals surface area contributed by atoms with Gasteiger partial charge in [-0.05, 0) is 49.2 Å². The van der Waals surface area contributed by atoms with E-state index in [0.29, 0.717) is 44.8 Å². The molecule has 0 saturated carbocycles. The first-order chi connectivity index (χ1) is 14.0. The normalized spacial score (nSPS) is 15.6. The number of amides is 1. The molecule has 1 N–H and O–H groups in total. The number of rotatable bonds is 8. The van der Waals surface area contributed by atoms with E-state index in [9.17, 15) is 13.2 Å². The number of carbonyl (C=O) groups is 1. The molecule has 0 aliphatic carbocycles. The van der Waals surface area contributed by atoms with Gasteiger partial charge in [-0.25, -0.2) is 8.42 Å². The molecule has 1 amide bonds. The molecule has 2 aromatic rings. The van der Waals surface area contributed by atoms with Crippen LogP contribution in [0.5, 0.6) is 11.5 Å². The highest BCUT2D eigenvalue weighted by molar-refractivity contribution is 7.89. The molecule has 8 heteroatoms. The Kier molecular flexibility index (Phi) is 7.11. The Morgan fingerprint density at radius 3 is 2.31 bits per heavy atom. The van der Waals surface area contributed by atoms with Crippen molar-refractivity contribution in [1.29, 1.82) is 0 Å². The fraction of sp³-hybridized carbons (Fsp3) is 0.381. The zero-order valence-electron chi connectivity index (χ0n) is 16.4. The van der Waals surface area contributed by atoms with Crippen LogP contribution in [0.25, 0.3) is 0 Å². The lowest BCUT2D eigenvalue weighted by atomic mass is 9.97. The molecule has 0 unspecified atom stereocenters. The molecule has 0 atom stereocenters. The summed E-state index contributed by atoms with van der Waals surface area (Å²) in [4.78, 5) is 12.6. The fourth-order valence-corrected chi connectivity index (χ4v) is 4.73. The maximum Gasteiger partial charge on any atom is 0.243 e. The number of hydrogen-bond donors (Lipinski definition) is 1. The van der Waals surface area contributed by atoms with Gasteiger partial charge in [-0.2, -0.15) is 4.31 Å². The zero-order chi connectivity index (χ0) is 20.7. The lowest BCUT2D eigenvalue weighted by Gasteiger charge is -2.30. The minimum absolute atomic E-state index is 0.0526. The number of nitrogens with zero attached hydrogens (tertiary/aromatic N) is 1. The smallest absolute Gasteiger partial charge is 0.243 e. The molecule has 0 spiro atoms. The molecule has 7 nitrogen and oxygen atoms in total. The van der Waals surface area contributed by atoms with Crippen molar-refractivity contribution in [3.8, 4) is 11.5 Å². The topological polar surface area (TPSA) is 84.9 Å². The molecule has 0 bridgehead atoms. The third kappa shape index (κ3) is 5.48. The first kappa shape index (κ1) is 21.1. The molecular formula is C21H26N2O5S. The van der Waals surface area contributed by atoms with Crippen LogP contribution in [-0.2, 0) is 14.8 Å². The summed E-state index contributed by atoms with van der Waals surface area (Å²) in [5.74, 6) is 1.13. The number of carbonyl (C=O) groups excluding carboxylic acids is 1. The molecule has 1 saturated heterocycles. The van der Waals surface area contributed by atoms with Crippen molar-refractivity contribution >= 4 is 15.9 Å². The average molecular weight is 419 g/mol. The van der Waals surface area contributed by atoms with Gasteiger partial charge in [-0.1, -0.05) is 18.2 Å². The summed E-state index contributed by atoms with van der Waals surface area (Å²) in [5.41, 5.74) is 0. The van der Waals surface area contributed by atoms with Crippen molar-refractivity contribution < 1.29 is 22.7 Å². The van der Waals surface area contributed by atoms with E-state index >= 15 is 0 Å². The van der Waals surface area contributed by atoms with Crippen LogP contribution in [0.3, 0.4) is 0 Å². The molecule has 1 aliphatic heterocycles. The quantitative estimate of drug-likeness (QED) is 0.665. The van der Waals surface area contributed by atoms with Crippen LogP contribution in [0.2, 0.25) is 0 Å². The summed E-state index contributed by atoms with van der Waals surface area (Å²) < 4.78 is 37.6. The van der Waals surface area contributed by atoms with E-state index in [1.165, 1.54) is 11.4 Å². The van der Waals surface area contributed by atoms with Crippen LogP contribution in [0.4, 0.5) is 0 Å². The standard InChI is InChI=1S/C21H26N2O5S/c1-27-18-7-9-20(10-8-18)29(25,26)23-14-11-17(12-15-23)21(24)22-13-16-28-19-5-3-2-4-6-19/h2-10,17H,11-16H2,1H3,(H,22,24). The second-order valence-electron chi connectivity index (χ2n) is 6.81. The van der Waals surface area contributed by atoms with Gasteiger partial charge < -0.3 is 14.8 Å². The Bertz CT molecular complexity index is 892. The summed E-state index contributed by atoms with van der Waals surface area (Å²) >= 11 is 0. The Hall–Kier alpha value is -2.58. The molecule has 1 heterocycles. The van der Waals surface area contributed by atoms with Gasteiger partial charge in [0.1, 0.15) is 18.1 Å². The number of sulfonamides is 1. The van der Waals surface area contributed by atoms with Crippen molar-refractivity contribution in [1.82, 2.24) is 9.62 Å².